The van der Waals surface area contributed by atoms with Crippen LogP contribution < -0.4 is 0 Å². The Morgan fingerprint density at radius 3 is 2.47 bits per heavy atom. The highest BCUT2D eigenvalue weighted by atomic mass is 16.6. The van der Waals surface area contributed by atoms with Crippen LogP contribution in [0.3, 0.4) is 0 Å². The number of carbonyl (C=O) groups is 1. The first-order valence-electron chi connectivity index (χ1n) is 5.56. The molecule has 0 bridgehead atoms. The maximum Gasteiger partial charge on any atom is 0.338 e. The third kappa shape index (κ3) is 4.22. The van der Waals surface area contributed by atoms with Crippen LogP contribution in [0.25, 0.3) is 0 Å². The zero-order valence-corrected chi connectivity index (χ0v) is 9.72. The molecule has 0 saturated carbocycles. The molecule has 0 aliphatic rings. The Hall–Kier alpha value is -1.91. The van der Waals surface area contributed by atoms with Gasteiger partial charge in [0.2, 0.25) is 0 Å². The van der Waals surface area contributed by atoms with E-state index >= 15 is 0 Å². The molecule has 92 valence electrons. The summed E-state index contributed by atoms with van der Waals surface area (Å²) in [6, 6.07) is 5.39. The monoisotopic (exact) mass is 237 g/mol. The summed E-state index contributed by atoms with van der Waals surface area (Å²) in [5.74, 6) is -0.434. The predicted molar refractivity (Wildman–Crippen MR) is 62.9 cm³/mol. The van der Waals surface area contributed by atoms with Crippen molar-refractivity contribution in [3.63, 3.8) is 0 Å². The highest BCUT2D eigenvalue weighted by Crippen LogP contribution is 2.12. The highest BCUT2D eigenvalue weighted by molar-refractivity contribution is 5.89. The summed E-state index contributed by atoms with van der Waals surface area (Å²) in [4.78, 5) is 21.4. The van der Waals surface area contributed by atoms with Crippen molar-refractivity contribution in [3.8, 4) is 0 Å². The van der Waals surface area contributed by atoms with Gasteiger partial charge in [0.1, 0.15) is 0 Å². The summed E-state index contributed by atoms with van der Waals surface area (Å²) in [5, 5.41) is 10.4. The van der Waals surface area contributed by atoms with Crippen LogP contribution in [-0.2, 0) is 4.74 Å². The molecule has 0 aromatic heterocycles. The van der Waals surface area contributed by atoms with Gasteiger partial charge < -0.3 is 4.74 Å². The van der Waals surface area contributed by atoms with Crippen molar-refractivity contribution in [2.24, 2.45) is 0 Å². The average Bonchev–Trinajstić information content (AvgIpc) is 2.34. The number of nitrogens with zero attached hydrogens (tertiary/aromatic N) is 1. The Morgan fingerprint density at radius 1 is 1.29 bits per heavy atom. The number of esters is 1. The van der Waals surface area contributed by atoms with Crippen molar-refractivity contribution in [1.82, 2.24) is 0 Å². The lowest BCUT2D eigenvalue weighted by molar-refractivity contribution is -0.384. The van der Waals surface area contributed by atoms with Gasteiger partial charge in [-0.3, -0.25) is 10.1 Å². The van der Waals surface area contributed by atoms with Crippen LogP contribution in [0, 0.1) is 10.1 Å². The molecule has 17 heavy (non-hydrogen) atoms. The third-order valence-electron chi connectivity index (χ3n) is 2.29. The Bertz CT molecular complexity index is 386. The van der Waals surface area contributed by atoms with E-state index < -0.39 is 10.9 Å². The molecule has 0 heterocycles. The number of hydrogen-bond donors (Lipinski definition) is 0. The number of ether oxygens (including phenoxy) is 1. The number of rotatable bonds is 6. The van der Waals surface area contributed by atoms with Gasteiger partial charge in [0.15, 0.2) is 0 Å². The molecule has 0 radical (unpaired) electrons. The molecule has 0 atom stereocenters. The number of nitro benzene ring substituents is 1. The smallest absolute Gasteiger partial charge is 0.338 e. The third-order valence-corrected chi connectivity index (χ3v) is 2.29. The summed E-state index contributed by atoms with van der Waals surface area (Å²) >= 11 is 0. The SMILES string of the molecule is CCCCCOC(=O)c1ccc([N+](=O)[O-])cc1. The van der Waals surface area contributed by atoms with Crippen LogP contribution in [0.5, 0.6) is 0 Å². The van der Waals surface area contributed by atoms with Crippen molar-refractivity contribution >= 4 is 11.7 Å². The molecule has 1 rings (SSSR count). The van der Waals surface area contributed by atoms with Gasteiger partial charge in [0.05, 0.1) is 17.1 Å². The first-order chi connectivity index (χ1) is 8.15. The lowest BCUT2D eigenvalue weighted by Crippen LogP contribution is -2.06. The molecular formula is C12H15NO4. The van der Waals surface area contributed by atoms with Crippen LogP contribution in [0.15, 0.2) is 24.3 Å². The first-order valence-corrected chi connectivity index (χ1v) is 5.56. The van der Waals surface area contributed by atoms with E-state index in [1.165, 1.54) is 24.3 Å². The van der Waals surface area contributed by atoms with Gasteiger partial charge in [-0.1, -0.05) is 19.8 Å². The minimum absolute atomic E-state index is 0.0347. The summed E-state index contributed by atoms with van der Waals surface area (Å²) in [6.07, 6.45) is 2.93. The van der Waals surface area contributed by atoms with E-state index in [9.17, 15) is 14.9 Å². The number of hydrogen-bond acceptors (Lipinski definition) is 4. The number of carbonyl (C=O) groups excluding carboxylic acids is 1. The predicted octanol–water partition coefficient (Wildman–Crippen LogP) is 2.94. The van der Waals surface area contributed by atoms with E-state index in [4.69, 9.17) is 4.74 Å². The van der Waals surface area contributed by atoms with Gasteiger partial charge in [-0.2, -0.15) is 0 Å². The topological polar surface area (TPSA) is 69.4 Å². The number of benzene rings is 1. The van der Waals surface area contributed by atoms with E-state index in [1.54, 1.807) is 0 Å². The molecule has 5 heteroatoms. The summed E-state index contributed by atoms with van der Waals surface area (Å²) in [5.41, 5.74) is 0.305. The van der Waals surface area contributed by atoms with Gasteiger partial charge in [-0.15, -0.1) is 0 Å². The fraction of sp³-hybridized carbons (Fsp3) is 0.417. The number of nitro groups is 1. The van der Waals surface area contributed by atoms with Crippen LogP contribution in [0.2, 0.25) is 0 Å². The van der Waals surface area contributed by atoms with Gasteiger partial charge in [-0.05, 0) is 18.6 Å². The van der Waals surface area contributed by atoms with E-state index in [0.717, 1.165) is 19.3 Å². The lowest BCUT2D eigenvalue weighted by atomic mass is 10.2. The maximum absolute atomic E-state index is 11.5. The second-order valence-corrected chi connectivity index (χ2v) is 3.65. The molecule has 0 unspecified atom stereocenters. The van der Waals surface area contributed by atoms with Crippen molar-refractivity contribution in [2.45, 2.75) is 26.2 Å². The Labute approximate surface area is 99.5 Å². The summed E-state index contributed by atoms with van der Waals surface area (Å²) in [6.45, 7) is 2.46. The maximum atomic E-state index is 11.5. The molecule has 0 spiro atoms. The second kappa shape index (κ2) is 6.62. The van der Waals surface area contributed by atoms with Crippen LogP contribution in [0.4, 0.5) is 5.69 Å². The van der Waals surface area contributed by atoms with Gasteiger partial charge >= 0.3 is 5.97 Å². The standard InChI is InChI=1S/C12H15NO4/c1-2-3-4-9-17-12(14)10-5-7-11(8-6-10)13(15)16/h5-8H,2-4,9H2,1H3. The van der Waals surface area contributed by atoms with Gasteiger partial charge in [0, 0.05) is 12.1 Å². The van der Waals surface area contributed by atoms with Gasteiger partial charge in [-0.25, -0.2) is 4.79 Å². The molecule has 0 amide bonds. The molecule has 0 aliphatic carbocycles. The minimum Gasteiger partial charge on any atom is -0.462 e. The normalized spacial score (nSPS) is 9.94. The summed E-state index contributed by atoms with van der Waals surface area (Å²) in [7, 11) is 0. The van der Waals surface area contributed by atoms with Gasteiger partial charge in [0.25, 0.3) is 5.69 Å². The molecule has 0 saturated heterocycles. The van der Waals surface area contributed by atoms with E-state index in [-0.39, 0.29) is 5.69 Å². The molecule has 5 nitrogen and oxygen atoms in total. The fourth-order valence-corrected chi connectivity index (χ4v) is 1.32. The molecular weight excluding hydrogens is 222 g/mol. The molecule has 0 fully saturated rings. The molecule has 1 aromatic rings. The van der Waals surface area contributed by atoms with Crippen molar-refractivity contribution in [2.75, 3.05) is 6.61 Å². The Kier molecular flexibility index (Phi) is 5.13. The highest BCUT2D eigenvalue weighted by Gasteiger charge is 2.09. The second-order valence-electron chi connectivity index (χ2n) is 3.65. The summed E-state index contributed by atoms with van der Waals surface area (Å²) < 4.78 is 5.02. The van der Waals surface area contributed by atoms with E-state index in [2.05, 4.69) is 6.92 Å². The van der Waals surface area contributed by atoms with Crippen molar-refractivity contribution in [3.05, 3.63) is 39.9 Å². The quantitative estimate of drug-likeness (QED) is 0.330. The Morgan fingerprint density at radius 2 is 1.94 bits per heavy atom. The van der Waals surface area contributed by atoms with Crippen molar-refractivity contribution < 1.29 is 14.5 Å². The molecule has 0 N–H and O–H groups in total. The molecule has 1 aromatic carbocycles. The van der Waals surface area contributed by atoms with Crippen LogP contribution >= 0.6 is 0 Å². The lowest BCUT2D eigenvalue weighted by Gasteiger charge is -2.03. The molecule has 0 aliphatic heterocycles. The van der Waals surface area contributed by atoms with Crippen LogP contribution in [0.1, 0.15) is 36.5 Å². The minimum atomic E-state index is -0.504. The zero-order valence-electron chi connectivity index (χ0n) is 9.72. The van der Waals surface area contributed by atoms with Crippen molar-refractivity contribution in [1.29, 1.82) is 0 Å². The van der Waals surface area contributed by atoms with E-state index in [1.807, 2.05) is 0 Å². The Balaban J connectivity index is 2.49. The van der Waals surface area contributed by atoms with E-state index in [0.29, 0.717) is 12.2 Å². The fourth-order valence-electron chi connectivity index (χ4n) is 1.32. The number of non-ortho nitro benzene ring substituents is 1. The average molecular weight is 237 g/mol. The van der Waals surface area contributed by atoms with Crippen LogP contribution in [-0.4, -0.2) is 17.5 Å². The first kappa shape index (κ1) is 13.2. The number of unbranched alkanes of at least 4 members (excludes halogenated alkanes) is 2. The zero-order chi connectivity index (χ0) is 12.7. The largest absolute Gasteiger partial charge is 0.462 e.